The summed E-state index contributed by atoms with van der Waals surface area (Å²) in [5, 5.41) is 5.82. The number of benzene rings is 3. The second-order valence-electron chi connectivity index (χ2n) is 5.71. The maximum absolute atomic E-state index is 13.7. The topological polar surface area (TPSA) is 21.3 Å². The number of rotatable bonds is 7. The molecule has 0 fully saturated rings. The first kappa shape index (κ1) is 19.2. The van der Waals surface area contributed by atoms with Gasteiger partial charge < -0.3 is 10.1 Å². The fraction of sp³-hybridized carbons (Fsp3) is 0.238. The molecular weight excluding hydrogens is 337 g/mol. The van der Waals surface area contributed by atoms with Gasteiger partial charge in [-0.1, -0.05) is 48.5 Å². The van der Waals surface area contributed by atoms with E-state index in [2.05, 4.69) is 23.5 Å². The van der Waals surface area contributed by atoms with Crippen LogP contribution >= 0.6 is 12.4 Å². The van der Waals surface area contributed by atoms with Gasteiger partial charge in [0.15, 0.2) is 0 Å². The Balaban J connectivity index is 0.00000225. The van der Waals surface area contributed by atoms with E-state index < -0.39 is 0 Å². The molecule has 0 aliphatic rings. The average Bonchev–Trinajstić information content (AvgIpc) is 2.61. The van der Waals surface area contributed by atoms with Crippen molar-refractivity contribution in [3.05, 3.63) is 77.6 Å². The Morgan fingerprint density at radius 3 is 2.52 bits per heavy atom. The fourth-order valence-electron chi connectivity index (χ4n) is 2.93. The first-order valence-corrected chi connectivity index (χ1v) is 8.37. The molecule has 0 aromatic heterocycles. The SMILES string of the molecule is CCOc1ccc2ccccc2c1CNCCc1ccccc1F.Cl. The first-order valence-electron chi connectivity index (χ1n) is 8.37. The van der Waals surface area contributed by atoms with Crippen molar-refractivity contribution < 1.29 is 9.13 Å². The van der Waals surface area contributed by atoms with E-state index in [4.69, 9.17) is 4.74 Å². The van der Waals surface area contributed by atoms with E-state index in [1.54, 1.807) is 6.07 Å². The van der Waals surface area contributed by atoms with Crippen LogP contribution < -0.4 is 10.1 Å². The Morgan fingerprint density at radius 2 is 1.72 bits per heavy atom. The maximum atomic E-state index is 13.7. The maximum Gasteiger partial charge on any atom is 0.126 e. The van der Waals surface area contributed by atoms with Crippen LogP contribution in [0.15, 0.2) is 60.7 Å². The lowest BCUT2D eigenvalue weighted by molar-refractivity contribution is 0.336. The summed E-state index contributed by atoms with van der Waals surface area (Å²) in [6.45, 7) is 4.05. The summed E-state index contributed by atoms with van der Waals surface area (Å²) >= 11 is 0. The summed E-state index contributed by atoms with van der Waals surface area (Å²) in [5.41, 5.74) is 1.90. The highest BCUT2D eigenvalue weighted by Gasteiger charge is 2.08. The predicted molar refractivity (Wildman–Crippen MR) is 104 cm³/mol. The minimum absolute atomic E-state index is 0. The number of nitrogens with one attached hydrogen (secondary N) is 1. The van der Waals surface area contributed by atoms with Crippen LogP contribution in [0, 0.1) is 5.82 Å². The van der Waals surface area contributed by atoms with E-state index in [0.29, 0.717) is 19.6 Å². The van der Waals surface area contributed by atoms with Gasteiger partial charge in [0.2, 0.25) is 0 Å². The zero-order chi connectivity index (χ0) is 16.8. The standard InChI is InChI=1S/C21H22FNO.ClH/c1-2-24-21-12-11-16-7-3-5-9-18(16)19(21)15-23-14-13-17-8-4-6-10-20(17)22;/h3-12,23H,2,13-15H2,1H3;1H. The van der Waals surface area contributed by atoms with E-state index in [0.717, 1.165) is 23.4 Å². The first-order chi connectivity index (χ1) is 11.8. The molecule has 25 heavy (non-hydrogen) atoms. The van der Waals surface area contributed by atoms with Crippen LogP contribution in [-0.2, 0) is 13.0 Å². The van der Waals surface area contributed by atoms with Gasteiger partial charge in [-0.15, -0.1) is 12.4 Å². The van der Waals surface area contributed by atoms with E-state index in [1.807, 2.05) is 37.3 Å². The van der Waals surface area contributed by atoms with Crippen molar-refractivity contribution in [2.75, 3.05) is 13.2 Å². The molecule has 0 aliphatic carbocycles. The number of hydrogen-bond acceptors (Lipinski definition) is 2. The summed E-state index contributed by atoms with van der Waals surface area (Å²) in [6.07, 6.45) is 0.668. The summed E-state index contributed by atoms with van der Waals surface area (Å²) < 4.78 is 19.4. The molecule has 0 radical (unpaired) electrons. The van der Waals surface area contributed by atoms with Gasteiger partial charge in [-0.2, -0.15) is 0 Å². The summed E-state index contributed by atoms with van der Waals surface area (Å²) in [7, 11) is 0. The highest BCUT2D eigenvalue weighted by Crippen LogP contribution is 2.28. The predicted octanol–water partition coefficient (Wildman–Crippen LogP) is 5.13. The third-order valence-corrected chi connectivity index (χ3v) is 4.13. The molecule has 0 spiro atoms. The zero-order valence-corrected chi connectivity index (χ0v) is 15.1. The molecular formula is C21H23ClFNO. The number of fused-ring (bicyclic) bond motifs is 1. The van der Waals surface area contributed by atoms with Crippen molar-refractivity contribution in [3.8, 4) is 5.75 Å². The lowest BCUT2D eigenvalue weighted by Gasteiger charge is -2.14. The highest BCUT2D eigenvalue weighted by molar-refractivity contribution is 5.87. The van der Waals surface area contributed by atoms with Gasteiger partial charge in [-0.25, -0.2) is 4.39 Å². The fourth-order valence-corrected chi connectivity index (χ4v) is 2.93. The minimum atomic E-state index is -0.139. The molecule has 0 heterocycles. The van der Waals surface area contributed by atoms with Gasteiger partial charge in [0.25, 0.3) is 0 Å². The van der Waals surface area contributed by atoms with Crippen molar-refractivity contribution in [1.29, 1.82) is 0 Å². The van der Waals surface area contributed by atoms with Crippen LogP contribution in [-0.4, -0.2) is 13.2 Å². The van der Waals surface area contributed by atoms with Crippen molar-refractivity contribution in [2.45, 2.75) is 19.9 Å². The van der Waals surface area contributed by atoms with Crippen LogP contribution in [0.2, 0.25) is 0 Å². The van der Waals surface area contributed by atoms with Gasteiger partial charge in [0, 0.05) is 12.1 Å². The lowest BCUT2D eigenvalue weighted by atomic mass is 10.0. The molecule has 3 rings (SSSR count). The van der Waals surface area contributed by atoms with E-state index in [9.17, 15) is 4.39 Å². The van der Waals surface area contributed by atoms with Gasteiger partial charge in [-0.3, -0.25) is 0 Å². The summed E-state index contributed by atoms with van der Waals surface area (Å²) in [4.78, 5) is 0. The Morgan fingerprint density at radius 1 is 0.960 bits per heavy atom. The highest BCUT2D eigenvalue weighted by atomic mass is 35.5. The average molecular weight is 360 g/mol. The molecule has 0 bridgehead atoms. The van der Waals surface area contributed by atoms with E-state index in [-0.39, 0.29) is 18.2 Å². The monoisotopic (exact) mass is 359 g/mol. The Kier molecular flexibility index (Phi) is 7.23. The second-order valence-corrected chi connectivity index (χ2v) is 5.71. The second kappa shape index (κ2) is 9.40. The molecule has 0 aliphatic heterocycles. The van der Waals surface area contributed by atoms with Crippen molar-refractivity contribution in [2.24, 2.45) is 0 Å². The smallest absolute Gasteiger partial charge is 0.126 e. The molecule has 0 saturated carbocycles. The Labute approximate surface area is 154 Å². The van der Waals surface area contributed by atoms with Gasteiger partial charge in [0.1, 0.15) is 11.6 Å². The number of halogens is 2. The normalized spacial score (nSPS) is 10.5. The van der Waals surface area contributed by atoms with Crippen LogP contribution in [0.3, 0.4) is 0 Å². The van der Waals surface area contributed by atoms with Crippen molar-refractivity contribution in [3.63, 3.8) is 0 Å². The molecule has 0 saturated heterocycles. The largest absolute Gasteiger partial charge is 0.494 e. The molecule has 132 valence electrons. The van der Waals surface area contributed by atoms with Crippen LogP contribution in [0.25, 0.3) is 10.8 Å². The molecule has 3 aromatic carbocycles. The summed E-state index contributed by atoms with van der Waals surface area (Å²) in [6, 6.07) is 19.3. The Bertz CT molecular complexity index is 822. The summed E-state index contributed by atoms with van der Waals surface area (Å²) in [5.74, 6) is 0.772. The van der Waals surface area contributed by atoms with Gasteiger partial charge >= 0.3 is 0 Å². The quantitative estimate of drug-likeness (QED) is 0.590. The van der Waals surface area contributed by atoms with Crippen LogP contribution in [0.5, 0.6) is 5.75 Å². The molecule has 4 heteroatoms. The number of ether oxygens (including phenoxy) is 1. The molecule has 2 nitrogen and oxygen atoms in total. The Hall–Kier alpha value is -2.10. The van der Waals surface area contributed by atoms with Crippen LogP contribution in [0.1, 0.15) is 18.1 Å². The minimum Gasteiger partial charge on any atom is -0.494 e. The molecule has 0 unspecified atom stereocenters. The van der Waals surface area contributed by atoms with Crippen molar-refractivity contribution in [1.82, 2.24) is 5.32 Å². The third kappa shape index (κ3) is 4.71. The third-order valence-electron chi connectivity index (χ3n) is 4.13. The van der Waals surface area contributed by atoms with Gasteiger partial charge in [-0.05, 0) is 48.4 Å². The van der Waals surface area contributed by atoms with Crippen molar-refractivity contribution >= 4 is 23.2 Å². The molecule has 0 atom stereocenters. The van der Waals surface area contributed by atoms with E-state index in [1.165, 1.54) is 16.8 Å². The zero-order valence-electron chi connectivity index (χ0n) is 14.3. The molecule has 0 amide bonds. The molecule has 1 N–H and O–H groups in total. The van der Waals surface area contributed by atoms with E-state index >= 15 is 0 Å². The van der Waals surface area contributed by atoms with Gasteiger partial charge in [0.05, 0.1) is 6.61 Å². The lowest BCUT2D eigenvalue weighted by Crippen LogP contribution is -2.18. The number of hydrogen-bond donors (Lipinski definition) is 1. The van der Waals surface area contributed by atoms with Crippen LogP contribution in [0.4, 0.5) is 4.39 Å². The molecule has 3 aromatic rings.